The molecule has 3 aromatic rings. The van der Waals surface area contributed by atoms with Gasteiger partial charge in [-0.25, -0.2) is 17.2 Å². The van der Waals surface area contributed by atoms with Crippen molar-refractivity contribution in [2.24, 2.45) is 0 Å². The number of methoxy groups -OCH3 is 1. The van der Waals surface area contributed by atoms with Crippen LogP contribution in [0, 0.1) is 11.6 Å². The highest BCUT2D eigenvalue weighted by Crippen LogP contribution is 2.33. The summed E-state index contributed by atoms with van der Waals surface area (Å²) in [5.41, 5.74) is 2.26. The van der Waals surface area contributed by atoms with Gasteiger partial charge in [0.2, 0.25) is 0 Å². The third-order valence-electron chi connectivity index (χ3n) is 5.75. The largest absolute Gasteiger partial charge is 0.495 e. The Hall–Kier alpha value is -3.17. The summed E-state index contributed by atoms with van der Waals surface area (Å²) in [4.78, 5) is 2.24. The Morgan fingerprint density at radius 1 is 0.912 bits per heavy atom. The molecule has 2 unspecified atom stereocenters. The minimum absolute atomic E-state index is 0.0561. The summed E-state index contributed by atoms with van der Waals surface area (Å²) in [6, 6.07) is 15.3. The van der Waals surface area contributed by atoms with E-state index < -0.39 is 21.7 Å². The topological polar surface area (TPSA) is 70.7 Å². The first-order valence-electron chi connectivity index (χ1n) is 10.9. The van der Waals surface area contributed by atoms with Crippen LogP contribution in [0.1, 0.15) is 13.8 Å². The fraction of sp³-hybridized carbons (Fsp3) is 0.280. The smallest absolute Gasteiger partial charge is 0.261 e. The molecular weight excluding hydrogens is 460 g/mol. The molecule has 6 nitrogen and oxygen atoms in total. The third kappa shape index (κ3) is 5.15. The molecule has 1 aliphatic heterocycles. The molecule has 2 atom stereocenters. The predicted molar refractivity (Wildman–Crippen MR) is 130 cm³/mol. The Morgan fingerprint density at radius 2 is 1.56 bits per heavy atom. The molecule has 3 aromatic carbocycles. The van der Waals surface area contributed by atoms with Crippen molar-refractivity contribution in [3.63, 3.8) is 0 Å². The van der Waals surface area contributed by atoms with E-state index in [1.165, 1.54) is 18.2 Å². The van der Waals surface area contributed by atoms with Crippen LogP contribution in [-0.4, -0.2) is 40.7 Å². The highest BCUT2D eigenvalue weighted by Gasteiger charge is 2.24. The molecule has 34 heavy (non-hydrogen) atoms. The van der Waals surface area contributed by atoms with Gasteiger partial charge in [-0.2, -0.15) is 0 Å². The Bertz CT molecular complexity index is 1270. The van der Waals surface area contributed by atoms with E-state index in [0.717, 1.165) is 30.9 Å². The van der Waals surface area contributed by atoms with Crippen molar-refractivity contribution < 1.29 is 21.9 Å². The Morgan fingerprint density at radius 3 is 2.18 bits per heavy atom. The normalized spacial score (nSPS) is 18.6. The Kier molecular flexibility index (Phi) is 6.77. The first-order chi connectivity index (χ1) is 16.2. The van der Waals surface area contributed by atoms with Crippen LogP contribution in [0.4, 0.5) is 20.2 Å². The van der Waals surface area contributed by atoms with Crippen molar-refractivity contribution >= 4 is 21.4 Å². The van der Waals surface area contributed by atoms with Crippen LogP contribution in [0.2, 0.25) is 0 Å². The predicted octanol–water partition coefficient (Wildman–Crippen LogP) is 4.63. The number of nitrogens with one attached hydrogen (secondary N) is 2. The summed E-state index contributed by atoms with van der Waals surface area (Å²) >= 11 is 0. The zero-order chi connectivity index (χ0) is 24.5. The number of benzene rings is 3. The summed E-state index contributed by atoms with van der Waals surface area (Å²) in [5.74, 6) is -1.23. The highest BCUT2D eigenvalue weighted by atomic mass is 32.2. The van der Waals surface area contributed by atoms with E-state index in [9.17, 15) is 17.2 Å². The molecule has 1 heterocycles. The Labute approximate surface area is 198 Å². The van der Waals surface area contributed by atoms with Crippen LogP contribution in [0.25, 0.3) is 11.1 Å². The third-order valence-corrected chi connectivity index (χ3v) is 7.14. The van der Waals surface area contributed by atoms with Crippen LogP contribution >= 0.6 is 0 Å². The molecule has 2 N–H and O–H groups in total. The molecule has 0 spiro atoms. The van der Waals surface area contributed by atoms with Gasteiger partial charge in [-0.15, -0.1) is 0 Å². The Balaban J connectivity index is 1.57. The lowest BCUT2D eigenvalue weighted by molar-refractivity contribution is 0.391. The van der Waals surface area contributed by atoms with E-state index >= 15 is 0 Å². The molecule has 0 amide bonds. The first kappa shape index (κ1) is 24.0. The van der Waals surface area contributed by atoms with Crippen molar-refractivity contribution in [2.75, 3.05) is 29.8 Å². The molecule has 1 saturated heterocycles. The lowest BCUT2D eigenvalue weighted by atomic mass is 10.1. The van der Waals surface area contributed by atoms with Crippen molar-refractivity contribution in [1.82, 2.24) is 5.32 Å². The fourth-order valence-electron chi connectivity index (χ4n) is 4.24. The standard InChI is InChI=1S/C25H27F2N3O3S/c1-16-14-30(15-17(2)28-16)24-13-20(7-11-25(24)33-3)29-34(31,32)21-8-4-18(5-9-21)19-6-10-22(26)23(27)12-19/h4-13,16-17,28-29H,14-15H2,1-3H3. The van der Waals surface area contributed by atoms with E-state index in [1.807, 2.05) is 0 Å². The molecule has 0 radical (unpaired) electrons. The molecule has 9 heteroatoms. The fourth-order valence-corrected chi connectivity index (χ4v) is 5.29. The molecule has 1 fully saturated rings. The lowest BCUT2D eigenvalue weighted by Crippen LogP contribution is -2.54. The average molecular weight is 488 g/mol. The molecule has 0 aromatic heterocycles. The first-order valence-corrected chi connectivity index (χ1v) is 12.4. The molecule has 0 bridgehead atoms. The molecule has 4 rings (SSSR count). The van der Waals surface area contributed by atoms with Crippen molar-refractivity contribution in [3.8, 4) is 16.9 Å². The summed E-state index contributed by atoms with van der Waals surface area (Å²) < 4.78 is 60.9. The second kappa shape index (κ2) is 9.60. The second-order valence-corrected chi connectivity index (χ2v) is 10.2. The molecule has 0 aliphatic carbocycles. The molecule has 1 aliphatic rings. The lowest BCUT2D eigenvalue weighted by Gasteiger charge is -2.38. The number of hydrogen-bond acceptors (Lipinski definition) is 5. The summed E-state index contributed by atoms with van der Waals surface area (Å²) in [7, 11) is -2.28. The summed E-state index contributed by atoms with van der Waals surface area (Å²) in [5, 5.41) is 3.48. The van der Waals surface area contributed by atoms with Gasteiger partial charge in [0.05, 0.1) is 23.4 Å². The SMILES string of the molecule is COc1ccc(NS(=O)(=O)c2ccc(-c3ccc(F)c(F)c3)cc2)cc1N1CC(C)NC(C)C1. The number of piperazine rings is 1. The maximum atomic E-state index is 13.5. The second-order valence-electron chi connectivity index (χ2n) is 8.52. The summed E-state index contributed by atoms with van der Waals surface area (Å²) in [6.07, 6.45) is 0. The van der Waals surface area contributed by atoms with Crippen molar-refractivity contribution in [2.45, 2.75) is 30.8 Å². The van der Waals surface area contributed by atoms with Crippen molar-refractivity contribution in [1.29, 1.82) is 0 Å². The van der Waals surface area contributed by atoms with E-state index in [2.05, 4.69) is 28.8 Å². The van der Waals surface area contributed by atoms with Gasteiger partial charge in [0.25, 0.3) is 10.0 Å². The molecule has 180 valence electrons. The number of hydrogen-bond donors (Lipinski definition) is 2. The van der Waals surface area contributed by atoms with E-state index in [0.29, 0.717) is 22.6 Å². The van der Waals surface area contributed by atoms with Gasteiger partial charge in [-0.05, 0) is 67.4 Å². The van der Waals surface area contributed by atoms with Crippen molar-refractivity contribution in [3.05, 3.63) is 72.3 Å². The summed E-state index contributed by atoms with van der Waals surface area (Å²) in [6.45, 7) is 5.74. The van der Waals surface area contributed by atoms with Gasteiger partial charge < -0.3 is 15.0 Å². The van der Waals surface area contributed by atoms with E-state index in [-0.39, 0.29) is 17.0 Å². The average Bonchev–Trinajstić information content (AvgIpc) is 2.80. The van der Waals surface area contributed by atoms with Gasteiger partial charge in [0.15, 0.2) is 11.6 Å². The van der Waals surface area contributed by atoms with Gasteiger partial charge in [0, 0.05) is 25.2 Å². The van der Waals surface area contributed by atoms with Crippen LogP contribution in [0.5, 0.6) is 5.75 Å². The van der Waals surface area contributed by atoms with Gasteiger partial charge >= 0.3 is 0 Å². The van der Waals surface area contributed by atoms with Crippen LogP contribution < -0.4 is 19.7 Å². The number of ether oxygens (including phenoxy) is 1. The van der Waals surface area contributed by atoms with Crippen LogP contribution in [0.15, 0.2) is 65.6 Å². The van der Waals surface area contributed by atoms with E-state index in [4.69, 9.17) is 4.74 Å². The van der Waals surface area contributed by atoms with Gasteiger partial charge in [-0.1, -0.05) is 18.2 Å². The highest BCUT2D eigenvalue weighted by molar-refractivity contribution is 7.92. The number of anilines is 2. The monoisotopic (exact) mass is 487 g/mol. The van der Waals surface area contributed by atoms with Crippen LogP contribution in [-0.2, 0) is 10.0 Å². The number of nitrogens with zero attached hydrogens (tertiary/aromatic N) is 1. The minimum atomic E-state index is -3.87. The molecular formula is C25H27F2N3O3S. The zero-order valence-electron chi connectivity index (χ0n) is 19.2. The molecule has 0 saturated carbocycles. The quantitative estimate of drug-likeness (QED) is 0.531. The number of rotatable bonds is 6. The van der Waals surface area contributed by atoms with Gasteiger partial charge in [-0.3, -0.25) is 4.72 Å². The van der Waals surface area contributed by atoms with Gasteiger partial charge in [0.1, 0.15) is 5.75 Å². The maximum Gasteiger partial charge on any atom is 0.261 e. The van der Waals surface area contributed by atoms with E-state index in [1.54, 1.807) is 37.4 Å². The minimum Gasteiger partial charge on any atom is -0.495 e. The maximum absolute atomic E-state index is 13.5. The number of halogens is 2. The zero-order valence-corrected chi connectivity index (χ0v) is 20.0. The number of sulfonamides is 1. The van der Waals surface area contributed by atoms with Crippen LogP contribution in [0.3, 0.4) is 0 Å².